The van der Waals surface area contributed by atoms with E-state index >= 15 is 0 Å². The molecular weight excluding hydrogens is 172 g/mol. The van der Waals surface area contributed by atoms with Crippen LogP contribution in [0.1, 0.15) is 52.4 Å². The first kappa shape index (κ1) is 12.0. The third kappa shape index (κ3) is 3.58. The molecule has 1 aliphatic rings. The van der Waals surface area contributed by atoms with Crippen LogP contribution < -0.4 is 5.73 Å². The van der Waals surface area contributed by atoms with Crippen LogP contribution in [0.5, 0.6) is 0 Å². The van der Waals surface area contributed by atoms with Gasteiger partial charge in [-0.1, -0.05) is 26.7 Å². The maximum Gasteiger partial charge on any atom is 0.0165 e. The van der Waals surface area contributed by atoms with Crippen LogP contribution in [0.3, 0.4) is 0 Å². The molecule has 1 fully saturated rings. The van der Waals surface area contributed by atoms with E-state index in [2.05, 4.69) is 18.7 Å². The van der Waals surface area contributed by atoms with E-state index in [1.807, 2.05) is 0 Å². The normalized spacial score (nSPS) is 27.2. The fourth-order valence-electron chi connectivity index (χ4n) is 2.37. The van der Waals surface area contributed by atoms with Crippen molar-refractivity contribution in [3.63, 3.8) is 0 Å². The molecular formula is C12H26N2. The predicted molar refractivity (Wildman–Crippen MR) is 62.4 cm³/mol. The van der Waals surface area contributed by atoms with Gasteiger partial charge in [-0.25, -0.2) is 0 Å². The zero-order valence-corrected chi connectivity index (χ0v) is 9.84. The van der Waals surface area contributed by atoms with Crippen molar-refractivity contribution in [2.45, 2.75) is 64.5 Å². The first-order valence-electron chi connectivity index (χ1n) is 6.27. The quantitative estimate of drug-likeness (QED) is 0.751. The minimum absolute atomic E-state index is 0.377. The van der Waals surface area contributed by atoms with Gasteiger partial charge in [0.15, 0.2) is 0 Å². The molecule has 84 valence electrons. The standard InChI is InChI=1S/C12H26N2/c1-3-11(13)10-14-9-7-5-6-8-12(14)4-2/h11-12H,3-10,13H2,1-2H3. The molecule has 1 saturated heterocycles. The third-order valence-corrected chi connectivity index (χ3v) is 3.46. The molecule has 0 aromatic carbocycles. The summed E-state index contributed by atoms with van der Waals surface area (Å²) in [5.41, 5.74) is 6.03. The van der Waals surface area contributed by atoms with Gasteiger partial charge in [-0.05, 0) is 32.2 Å². The van der Waals surface area contributed by atoms with E-state index in [9.17, 15) is 0 Å². The van der Waals surface area contributed by atoms with Crippen LogP contribution in [0.15, 0.2) is 0 Å². The SMILES string of the molecule is CCC(N)CN1CCCCCC1CC. The van der Waals surface area contributed by atoms with Gasteiger partial charge in [-0.3, -0.25) is 4.90 Å². The number of likely N-dealkylation sites (tertiary alicyclic amines) is 1. The fourth-order valence-corrected chi connectivity index (χ4v) is 2.37. The van der Waals surface area contributed by atoms with E-state index in [1.165, 1.54) is 38.6 Å². The van der Waals surface area contributed by atoms with Crippen molar-refractivity contribution in [3.8, 4) is 0 Å². The van der Waals surface area contributed by atoms with E-state index in [4.69, 9.17) is 5.73 Å². The Morgan fingerprint density at radius 3 is 2.71 bits per heavy atom. The molecule has 0 aromatic rings. The van der Waals surface area contributed by atoms with Crippen LogP contribution in [0.25, 0.3) is 0 Å². The lowest BCUT2D eigenvalue weighted by Crippen LogP contribution is -2.42. The second-order valence-electron chi connectivity index (χ2n) is 4.57. The second kappa shape index (κ2) is 6.41. The van der Waals surface area contributed by atoms with Gasteiger partial charge in [0.1, 0.15) is 0 Å². The Morgan fingerprint density at radius 1 is 1.29 bits per heavy atom. The van der Waals surface area contributed by atoms with Crippen LogP contribution in [0, 0.1) is 0 Å². The molecule has 0 saturated carbocycles. The largest absolute Gasteiger partial charge is 0.327 e. The van der Waals surface area contributed by atoms with Gasteiger partial charge in [-0.2, -0.15) is 0 Å². The van der Waals surface area contributed by atoms with Crippen LogP contribution in [0.2, 0.25) is 0 Å². The van der Waals surface area contributed by atoms with Gasteiger partial charge in [0, 0.05) is 18.6 Å². The molecule has 2 atom stereocenters. The molecule has 0 spiro atoms. The summed E-state index contributed by atoms with van der Waals surface area (Å²) < 4.78 is 0. The molecule has 1 aliphatic heterocycles. The van der Waals surface area contributed by atoms with Crippen molar-refractivity contribution in [2.75, 3.05) is 13.1 Å². The highest BCUT2D eigenvalue weighted by molar-refractivity contribution is 4.77. The average Bonchev–Trinajstić information content (AvgIpc) is 2.42. The van der Waals surface area contributed by atoms with E-state index in [0.29, 0.717) is 6.04 Å². The highest BCUT2D eigenvalue weighted by Gasteiger charge is 2.20. The Kier molecular flexibility index (Phi) is 5.49. The Labute approximate surface area is 88.8 Å². The minimum Gasteiger partial charge on any atom is -0.327 e. The lowest BCUT2D eigenvalue weighted by molar-refractivity contribution is 0.182. The summed E-state index contributed by atoms with van der Waals surface area (Å²) in [5, 5.41) is 0. The zero-order chi connectivity index (χ0) is 10.4. The second-order valence-corrected chi connectivity index (χ2v) is 4.57. The smallest absolute Gasteiger partial charge is 0.0165 e. The monoisotopic (exact) mass is 198 g/mol. The molecule has 2 nitrogen and oxygen atoms in total. The van der Waals surface area contributed by atoms with Crippen molar-refractivity contribution < 1.29 is 0 Å². The van der Waals surface area contributed by atoms with Crippen molar-refractivity contribution in [3.05, 3.63) is 0 Å². The van der Waals surface area contributed by atoms with Gasteiger partial charge >= 0.3 is 0 Å². The summed E-state index contributed by atoms with van der Waals surface area (Å²) in [5.74, 6) is 0. The van der Waals surface area contributed by atoms with Gasteiger partial charge in [0.25, 0.3) is 0 Å². The molecule has 0 bridgehead atoms. The van der Waals surface area contributed by atoms with Crippen LogP contribution in [-0.4, -0.2) is 30.1 Å². The fraction of sp³-hybridized carbons (Fsp3) is 1.00. The summed E-state index contributed by atoms with van der Waals surface area (Å²) in [6.45, 7) is 6.87. The third-order valence-electron chi connectivity index (χ3n) is 3.46. The Balaban J connectivity index is 2.43. The Morgan fingerprint density at radius 2 is 2.07 bits per heavy atom. The lowest BCUT2D eigenvalue weighted by atomic mass is 10.1. The number of rotatable bonds is 4. The summed E-state index contributed by atoms with van der Waals surface area (Å²) in [6.07, 6.45) is 7.97. The highest BCUT2D eigenvalue weighted by Crippen LogP contribution is 2.19. The van der Waals surface area contributed by atoms with Gasteiger partial charge in [0.2, 0.25) is 0 Å². The van der Waals surface area contributed by atoms with Crippen LogP contribution in [-0.2, 0) is 0 Å². The molecule has 1 heterocycles. The summed E-state index contributed by atoms with van der Waals surface area (Å²) >= 11 is 0. The molecule has 0 aliphatic carbocycles. The minimum atomic E-state index is 0.377. The maximum absolute atomic E-state index is 6.03. The van der Waals surface area contributed by atoms with Crippen molar-refractivity contribution in [1.29, 1.82) is 0 Å². The molecule has 2 heteroatoms. The van der Waals surface area contributed by atoms with Crippen LogP contribution >= 0.6 is 0 Å². The molecule has 14 heavy (non-hydrogen) atoms. The van der Waals surface area contributed by atoms with Crippen molar-refractivity contribution >= 4 is 0 Å². The summed E-state index contributed by atoms with van der Waals surface area (Å²) in [7, 11) is 0. The molecule has 2 N–H and O–H groups in total. The topological polar surface area (TPSA) is 29.3 Å². The average molecular weight is 198 g/mol. The first-order chi connectivity index (χ1) is 6.77. The number of hydrogen-bond acceptors (Lipinski definition) is 2. The molecule has 0 amide bonds. The van der Waals surface area contributed by atoms with E-state index in [-0.39, 0.29) is 0 Å². The van der Waals surface area contributed by atoms with Gasteiger partial charge < -0.3 is 5.73 Å². The maximum atomic E-state index is 6.03. The molecule has 2 unspecified atom stereocenters. The zero-order valence-electron chi connectivity index (χ0n) is 9.84. The highest BCUT2D eigenvalue weighted by atomic mass is 15.2. The number of nitrogens with two attached hydrogens (primary N) is 1. The predicted octanol–water partition coefficient (Wildman–Crippen LogP) is 2.38. The van der Waals surface area contributed by atoms with Crippen molar-refractivity contribution in [2.24, 2.45) is 5.73 Å². The summed E-state index contributed by atoms with van der Waals surface area (Å²) in [6, 6.07) is 1.18. The van der Waals surface area contributed by atoms with Crippen molar-refractivity contribution in [1.82, 2.24) is 4.90 Å². The van der Waals surface area contributed by atoms with E-state index in [1.54, 1.807) is 0 Å². The van der Waals surface area contributed by atoms with Gasteiger partial charge in [0.05, 0.1) is 0 Å². The molecule has 0 aromatic heterocycles. The van der Waals surface area contributed by atoms with E-state index < -0.39 is 0 Å². The molecule has 1 rings (SSSR count). The van der Waals surface area contributed by atoms with Crippen LogP contribution in [0.4, 0.5) is 0 Å². The Bertz CT molecular complexity index is 147. The molecule has 0 radical (unpaired) electrons. The number of hydrogen-bond donors (Lipinski definition) is 1. The summed E-state index contributed by atoms with van der Waals surface area (Å²) in [4.78, 5) is 2.63. The lowest BCUT2D eigenvalue weighted by Gasteiger charge is -2.31. The Hall–Kier alpha value is -0.0800. The van der Waals surface area contributed by atoms with Gasteiger partial charge in [-0.15, -0.1) is 0 Å². The van der Waals surface area contributed by atoms with E-state index in [0.717, 1.165) is 19.0 Å². The number of nitrogens with zero attached hydrogens (tertiary/aromatic N) is 1. The first-order valence-corrected chi connectivity index (χ1v) is 6.27.